The van der Waals surface area contributed by atoms with Crippen LogP contribution in [0, 0.1) is 0 Å². The molecule has 5 nitrogen and oxygen atoms in total. The van der Waals surface area contributed by atoms with Gasteiger partial charge < -0.3 is 10.2 Å². The van der Waals surface area contributed by atoms with Gasteiger partial charge in [0.1, 0.15) is 5.82 Å². The quantitative estimate of drug-likeness (QED) is 0.840. The molecule has 2 aromatic rings. The molecule has 2 unspecified atom stereocenters. The standard InChI is InChI=1S/C20H26ClN5/c1-14-11-26(15(2)10-22-14)19-17-13-25(12-16-6-4-3-5-7-16)9-8-18(17)23-20(21)24-19/h3-7,14-15,22H,8-13H2,1-2H3. The second-order valence-corrected chi connectivity index (χ2v) is 7.84. The van der Waals surface area contributed by atoms with Crippen LogP contribution in [0.4, 0.5) is 5.82 Å². The summed E-state index contributed by atoms with van der Waals surface area (Å²) in [5.41, 5.74) is 3.71. The molecule has 0 aliphatic carbocycles. The molecule has 1 fully saturated rings. The highest BCUT2D eigenvalue weighted by Gasteiger charge is 2.30. The fraction of sp³-hybridized carbons (Fsp3) is 0.500. The first-order chi connectivity index (χ1) is 12.6. The van der Waals surface area contributed by atoms with E-state index in [4.69, 9.17) is 11.6 Å². The number of halogens is 1. The molecule has 2 atom stereocenters. The molecule has 3 heterocycles. The van der Waals surface area contributed by atoms with E-state index >= 15 is 0 Å². The topological polar surface area (TPSA) is 44.3 Å². The van der Waals surface area contributed by atoms with Crippen LogP contribution in [0.3, 0.4) is 0 Å². The number of rotatable bonds is 3. The van der Waals surface area contributed by atoms with Gasteiger partial charge in [-0.15, -0.1) is 0 Å². The van der Waals surface area contributed by atoms with Crippen molar-refractivity contribution in [3.63, 3.8) is 0 Å². The van der Waals surface area contributed by atoms with Crippen molar-refractivity contribution < 1.29 is 0 Å². The summed E-state index contributed by atoms with van der Waals surface area (Å²) in [5.74, 6) is 1.03. The van der Waals surface area contributed by atoms with E-state index in [1.54, 1.807) is 0 Å². The number of benzene rings is 1. The number of nitrogens with zero attached hydrogens (tertiary/aromatic N) is 4. The Balaban J connectivity index is 1.62. The van der Waals surface area contributed by atoms with Gasteiger partial charge in [0.15, 0.2) is 0 Å². The zero-order valence-electron chi connectivity index (χ0n) is 15.5. The highest BCUT2D eigenvalue weighted by molar-refractivity contribution is 6.28. The van der Waals surface area contributed by atoms with Gasteiger partial charge in [-0.3, -0.25) is 4.90 Å². The number of fused-ring (bicyclic) bond motifs is 1. The molecule has 1 aromatic carbocycles. The van der Waals surface area contributed by atoms with Crippen molar-refractivity contribution in [2.75, 3.05) is 24.5 Å². The normalized spacial score (nSPS) is 23.7. The third-order valence-corrected chi connectivity index (χ3v) is 5.54. The number of hydrogen-bond acceptors (Lipinski definition) is 5. The lowest BCUT2D eigenvalue weighted by Gasteiger charge is -2.40. The van der Waals surface area contributed by atoms with Crippen molar-refractivity contribution in [1.82, 2.24) is 20.2 Å². The molecule has 0 spiro atoms. The Kier molecular flexibility index (Phi) is 5.11. The highest BCUT2D eigenvalue weighted by Crippen LogP contribution is 2.30. The lowest BCUT2D eigenvalue weighted by molar-refractivity contribution is 0.242. The molecule has 138 valence electrons. The van der Waals surface area contributed by atoms with Crippen LogP contribution in [-0.4, -0.2) is 46.6 Å². The molecule has 1 aromatic heterocycles. The van der Waals surface area contributed by atoms with Crippen molar-refractivity contribution in [2.45, 2.75) is 45.4 Å². The Bertz CT molecular complexity index is 766. The minimum Gasteiger partial charge on any atom is -0.351 e. The number of aromatic nitrogens is 2. The molecule has 1 saturated heterocycles. The highest BCUT2D eigenvalue weighted by atomic mass is 35.5. The summed E-state index contributed by atoms with van der Waals surface area (Å²) >= 11 is 6.27. The van der Waals surface area contributed by atoms with E-state index in [1.807, 2.05) is 0 Å². The summed E-state index contributed by atoms with van der Waals surface area (Å²) in [6.45, 7) is 9.20. The van der Waals surface area contributed by atoms with Gasteiger partial charge in [0.2, 0.25) is 5.28 Å². The summed E-state index contributed by atoms with van der Waals surface area (Å²) < 4.78 is 0. The van der Waals surface area contributed by atoms with E-state index in [2.05, 4.69) is 69.3 Å². The van der Waals surface area contributed by atoms with Crippen LogP contribution >= 0.6 is 11.6 Å². The van der Waals surface area contributed by atoms with Crippen LogP contribution in [0.25, 0.3) is 0 Å². The van der Waals surface area contributed by atoms with E-state index in [1.165, 1.54) is 11.1 Å². The molecule has 26 heavy (non-hydrogen) atoms. The van der Waals surface area contributed by atoms with Gasteiger partial charge in [-0.1, -0.05) is 30.3 Å². The summed E-state index contributed by atoms with van der Waals surface area (Å²) in [6.07, 6.45) is 0.924. The number of hydrogen-bond donors (Lipinski definition) is 1. The summed E-state index contributed by atoms with van der Waals surface area (Å²) in [7, 11) is 0. The lowest BCUT2D eigenvalue weighted by Crippen LogP contribution is -2.55. The van der Waals surface area contributed by atoms with Crippen LogP contribution in [0.15, 0.2) is 30.3 Å². The van der Waals surface area contributed by atoms with Crippen LogP contribution in [0.1, 0.15) is 30.7 Å². The molecule has 0 radical (unpaired) electrons. The Morgan fingerprint density at radius 3 is 2.81 bits per heavy atom. The minimum atomic E-state index is 0.369. The molecular weight excluding hydrogens is 346 g/mol. The molecule has 4 rings (SSSR count). The molecule has 0 saturated carbocycles. The van der Waals surface area contributed by atoms with Gasteiger partial charge >= 0.3 is 0 Å². The lowest BCUT2D eigenvalue weighted by atomic mass is 10.0. The van der Waals surface area contributed by atoms with Crippen LogP contribution in [0.2, 0.25) is 5.28 Å². The van der Waals surface area contributed by atoms with Gasteiger partial charge in [-0.2, -0.15) is 0 Å². The maximum absolute atomic E-state index is 6.27. The van der Waals surface area contributed by atoms with Crippen molar-refractivity contribution in [3.8, 4) is 0 Å². The third-order valence-electron chi connectivity index (χ3n) is 5.38. The first kappa shape index (κ1) is 17.7. The predicted molar refractivity (Wildman–Crippen MR) is 106 cm³/mol. The Morgan fingerprint density at radius 2 is 2.00 bits per heavy atom. The molecule has 6 heteroatoms. The molecule has 2 aliphatic heterocycles. The molecule has 0 amide bonds. The average Bonchev–Trinajstić information content (AvgIpc) is 2.64. The maximum atomic E-state index is 6.27. The maximum Gasteiger partial charge on any atom is 0.224 e. The first-order valence-corrected chi connectivity index (χ1v) is 9.79. The molecule has 0 bridgehead atoms. The van der Waals surface area contributed by atoms with Crippen LogP contribution in [0.5, 0.6) is 0 Å². The van der Waals surface area contributed by atoms with Gasteiger partial charge in [0.25, 0.3) is 0 Å². The van der Waals surface area contributed by atoms with Crippen LogP contribution in [-0.2, 0) is 19.5 Å². The van der Waals surface area contributed by atoms with E-state index in [0.717, 1.165) is 50.7 Å². The zero-order chi connectivity index (χ0) is 18.1. The Morgan fingerprint density at radius 1 is 1.19 bits per heavy atom. The van der Waals surface area contributed by atoms with Crippen molar-refractivity contribution >= 4 is 17.4 Å². The fourth-order valence-corrected chi connectivity index (χ4v) is 4.14. The van der Waals surface area contributed by atoms with E-state index in [9.17, 15) is 0 Å². The number of nitrogens with one attached hydrogen (secondary N) is 1. The van der Waals surface area contributed by atoms with Crippen LogP contribution < -0.4 is 10.2 Å². The Labute approximate surface area is 160 Å². The zero-order valence-corrected chi connectivity index (χ0v) is 16.2. The minimum absolute atomic E-state index is 0.369. The predicted octanol–water partition coefficient (Wildman–Crippen LogP) is 2.87. The second kappa shape index (κ2) is 7.51. The average molecular weight is 372 g/mol. The number of piperazine rings is 1. The van der Waals surface area contributed by atoms with Gasteiger partial charge in [-0.25, -0.2) is 9.97 Å². The second-order valence-electron chi connectivity index (χ2n) is 7.50. The van der Waals surface area contributed by atoms with E-state index < -0.39 is 0 Å². The van der Waals surface area contributed by atoms with Gasteiger partial charge in [0, 0.05) is 56.8 Å². The first-order valence-electron chi connectivity index (χ1n) is 9.41. The van der Waals surface area contributed by atoms with E-state index in [0.29, 0.717) is 17.4 Å². The third kappa shape index (κ3) is 3.70. The SMILES string of the molecule is CC1CN(c2nc(Cl)nc3c2CN(Cc2ccccc2)CC3)C(C)CN1. The monoisotopic (exact) mass is 371 g/mol. The summed E-state index contributed by atoms with van der Waals surface area (Å²) in [4.78, 5) is 14.1. The number of anilines is 1. The van der Waals surface area contributed by atoms with Gasteiger partial charge in [0.05, 0.1) is 5.69 Å². The molecular formula is C20H26ClN5. The van der Waals surface area contributed by atoms with Crippen molar-refractivity contribution in [3.05, 3.63) is 52.4 Å². The summed E-state index contributed by atoms with van der Waals surface area (Å²) in [5, 5.41) is 3.91. The summed E-state index contributed by atoms with van der Waals surface area (Å²) in [6, 6.07) is 11.5. The van der Waals surface area contributed by atoms with Gasteiger partial charge in [-0.05, 0) is 31.0 Å². The smallest absolute Gasteiger partial charge is 0.224 e. The largest absolute Gasteiger partial charge is 0.351 e. The molecule has 2 aliphatic rings. The Hall–Kier alpha value is -1.69. The molecule has 1 N–H and O–H groups in total. The van der Waals surface area contributed by atoms with E-state index in [-0.39, 0.29) is 0 Å². The fourth-order valence-electron chi connectivity index (χ4n) is 3.95. The van der Waals surface area contributed by atoms with Crippen molar-refractivity contribution in [1.29, 1.82) is 0 Å². The van der Waals surface area contributed by atoms with Crippen molar-refractivity contribution in [2.24, 2.45) is 0 Å².